The van der Waals surface area contributed by atoms with E-state index >= 15 is 0 Å². The van der Waals surface area contributed by atoms with Crippen molar-refractivity contribution in [2.24, 2.45) is 5.73 Å². The van der Waals surface area contributed by atoms with Crippen LogP contribution in [0.3, 0.4) is 0 Å². The molecule has 0 radical (unpaired) electrons. The van der Waals surface area contributed by atoms with Crippen LogP contribution < -0.4 is 16.4 Å². The summed E-state index contributed by atoms with van der Waals surface area (Å²) < 4.78 is 0. The van der Waals surface area contributed by atoms with Crippen molar-refractivity contribution in [3.05, 3.63) is 0 Å². The average Bonchev–Trinajstić information content (AvgIpc) is 3.08. The first-order chi connectivity index (χ1) is 11.2. The molecule has 0 aromatic heterocycles. The third-order valence-electron chi connectivity index (χ3n) is 3.90. The van der Waals surface area contributed by atoms with E-state index in [0.29, 0.717) is 6.42 Å². The number of nitrogens with zero attached hydrogens (tertiary/aromatic N) is 1. The predicted molar refractivity (Wildman–Crippen MR) is 95.3 cm³/mol. The standard InChI is InChI=1S/C10H20N2O2.C7H14N2O/c1-5-7(3)11-10(14)8(4)12-9(13)6-2;1-6(8)7(10)9-4-2-3-5-9/h7-8H,5-6H2,1-4H3,(H,11,14)(H,12,13);6H,2-5,8H2,1H3. The first-order valence-electron chi connectivity index (χ1n) is 8.86. The van der Waals surface area contributed by atoms with Crippen LogP contribution in [0, 0.1) is 0 Å². The highest BCUT2D eigenvalue weighted by Crippen LogP contribution is 2.07. The third-order valence-corrected chi connectivity index (χ3v) is 3.90. The molecule has 24 heavy (non-hydrogen) atoms. The first-order valence-corrected chi connectivity index (χ1v) is 8.86. The lowest BCUT2D eigenvalue weighted by molar-refractivity contribution is -0.131. The molecule has 7 heteroatoms. The Morgan fingerprint density at radius 1 is 1.04 bits per heavy atom. The molecule has 1 fully saturated rings. The van der Waals surface area contributed by atoms with Gasteiger partial charge in [0.1, 0.15) is 6.04 Å². The van der Waals surface area contributed by atoms with Gasteiger partial charge in [-0.3, -0.25) is 14.4 Å². The highest BCUT2D eigenvalue weighted by atomic mass is 16.2. The fourth-order valence-electron chi connectivity index (χ4n) is 2.10. The molecule has 1 heterocycles. The molecule has 1 rings (SSSR count). The molecule has 3 amide bonds. The lowest BCUT2D eigenvalue weighted by Gasteiger charge is -2.16. The van der Waals surface area contributed by atoms with Gasteiger partial charge in [-0.25, -0.2) is 0 Å². The van der Waals surface area contributed by atoms with Crippen LogP contribution in [0.2, 0.25) is 0 Å². The first kappa shape index (κ1) is 22.4. The Kier molecular flexibility index (Phi) is 11.0. The van der Waals surface area contributed by atoms with E-state index in [2.05, 4.69) is 10.6 Å². The van der Waals surface area contributed by atoms with Gasteiger partial charge in [-0.15, -0.1) is 0 Å². The van der Waals surface area contributed by atoms with Crippen LogP contribution >= 0.6 is 0 Å². The summed E-state index contributed by atoms with van der Waals surface area (Å²) in [5.41, 5.74) is 5.42. The maximum absolute atomic E-state index is 11.4. The van der Waals surface area contributed by atoms with Gasteiger partial charge >= 0.3 is 0 Å². The van der Waals surface area contributed by atoms with Crippen LogP contribution in [0.4, 0.5) is 0 Å². The Morgan fingerprint density at radius 2 is 1.58 bits per heavy atom. The fourth-order valence-corrected chi connectivity index (χ4v) is 2.10. The number of hydrogen-bond acceptors (Lipinski definition) is 4. The van der Waals surface area contributed by atoms with Crippen molar-refractivity contribution in [1.82, 2.24) is 15.5 Å². The molecule has 0 bridgehead atoms. The van der Waals surface area contributed by atoms with Crippen molar-refractivity contribution in [2.45, 2.75) is 78.4 Å². The Balaban J connectivity index is 0.000000463. The van der Waals surface area contributed by atoms with Gasteiger partial charge in [0.05, 0.1) is 6.04 Å². The minimum Gasteiger partial charge on any atom is -0.352 e. The van der Waals surface area contributed by atoms with Gasteiger partial charge in [-0.2, -0.15) is 0 Å². The summed E-state index contributed by atoms with van der Waals surface area (Å²) >= 11 is 0. The molecule has 140 valence electrons. The second-order valence-corrected chi connectivity index (χ2v) is 6.28. The van der Waals surface area contributed by atoms with E-state index in [0.717, 1.165) is 32.4 Å². The molecular formula is C17H34N4O3. The summed E-state index contributed by atoms with van der Waals surface area (Å²) in [5, 5.41) is 5.41. The van der Waals surface area contributed by atoms with E-state index in [4.69, 9.17) is 5.73 Å². The van der Waals surface area contributed by atoms with Gasteiger partial charge in [-0.05, 0) is 40.0 Å². The van der Waals surface area contributed by atoms with Crippen molar-refractivity contribution in [1.29, 1.82) is 0 Å². The molecule has 3 unspecified atom stereocenters. The van der Waals surface area contributed by atoms with E-state index < -0.39 is 6.04 Å². The zero-order valence-corrected chi connectivity index (χ0v) is 15.7. The largest absolute Gasteiger partial charge is 0.352 e. The third kappa shape index (κ3) is 8.86. The Morgan fingerprint density at radius 3 is 2.00 bits per heavy atom. The summed E-state index contributed by atoms with van der Waals surface area (Å²) in [5.74, 6) is -0.129. The van der Waals surface area contributed by atoms with E-state index in [1.807, 2.05) is 18.7 Å². The van der Waals surface area contributed by atoms with Crippen molar-refractivity contribution < 1.29 is 14.4 Å². The van der Waals surface area contributed by atoms with E-state index in [-0.39, 0.29) is 29.8 Å². The number of amides is 3. The summed E-state index contributed by atoms with van der Waals surface area (Å²) in [6.45, 7) is 10.9. The monoisotopic (exact) mass is 342 g/mol. The van der Waals surface area contributed by atoms with Crippen molar-refractivity contribution >= 4 is 17.7 Å². The van der Waals surface area contributed by atoms with Gasteiger partial charge in [0.15, 0.2) is 0 Å². The van der Waals surface area contributed by atoms with E-state index in [9.17, 15) is 14.4 Å². The lowest BCUT2D eigenvalue weighted by atomic mass is 10.2. The molecule has 0 spiro atoms. The molecule has 0 aromatic rings. The Labute approximate surface area is 145 Å². The summed E-state index contributed by atoms with van der Waals surface area (Å²) in [6.07, 6.45) is 3.57. The Bertz CT molecular complexity index is 407. The second kappa shape index (κ2) is 11.8. The van der Waals surface area contributed by atoms with Crippen LogP contribution in [0.15, 0.2) is 0 Å². The summed E-state index contributed by atoms with van der Waals surface area (Å²) in [7, 11) is 0. The zero-order chi connectivity index (χ0) is 18.7. The minimum absolute atomic E-state index is 0.0949. The number of nitrogens with two attached hydrogens (primary N) is 1. The van der Waals surface area contributed by atoms with Crippen LogP contribution in [0.1, 0.15) is 60.3 Å². The molecule has 0 saturated carbocycles. The summed E-state index contributed by atoms with van der Waals surface area (Å²) in [4.78, 5) is 35.4. The number of likely N-dealkylation sites (tertiary alicyclic amines) is 1. The quantitative estimate of drug-likeness (QED) is 0.663. The molecule has 1 aliphatic rings. The molecule has 3 atom stereocenters. The molecule has 0 aliphatic carbocycles. The van der Waals surface area contributed by atoms with Crippen molar-refractivity contribution in [3.8, 4) is 0 Å². The smallest absolute Gasteiger partial charge is 0.242 e. The Hall–Kier alpha value is -1.63. The van der Waals surface area contributed by atoms with Crippen molar-refractivity contribution in [2.75, 3.05) is 13.1 Å². The topological polar surface area (TPSA) is 105 Å². The van der Waals surface area contributed by atoms with E-state index in [1.165, 1.54) is 0 Å². The van der Waals surface area contributed by atoms with Gasteiger partial charge in [0.25, 0.3) is 0 Å². The van der Waals surface area contributed by atoms with Gasteiger partial charge in [0.2, 0.25) is 17.7 Å². The van der Waals surface area contributed by atoms with Gasteiger partial charge < -0.3 is 21.3 Å². The molecular weight excluding hydrogens is 308 g/mol. The number of carbonyl (C=O) groups is 3. The second-order valence-electron chi connectivity index (χ2n) is 6.28. The SMILES string of the molecule is CC(N)C(=O)N1CCCC1.CCC(=O)NC(C)C(=O)NC(C)CC. The summed E-state index contributed by atoms with van der Waals surface area (Å²) in [6, 6.07) is -0.613. The van der Waals surface area contributed by atoms with Crippen LogP contribution in [-0.2, 0) is 14.4 Å². The maximum atomic E-state index is 11.4. The average molecular weight is 342 g/mol. The lowest BCUT2D eigenvalue weighted by Crippen LogP contribution is -2.47. The van der Waals surface area contributed by atoms with Crippen molar-refractivity contribution in [3.63, 3.8) is 0 Å². The molecule has 4 N–H and O–H groups in total. The molecule has 1 aliphatic heterocycles. The highest BCUT2D eigenvalue weighted by molar-refractivity contribution is 5.87. The fraction of sp³-hybridized carbons (Fsp3) is 0.824. The zero-order valence-electron chi connectivity index (χ0n) is 15.7. The van der Waals surface area contributed by atoms with Crippen LogP contribution in [0.25, 0.3) is 0 Å². The predicted octanol–water partition coefficient (Wildman–Crippen LogP) is 0.772. The number of rotatable bonds is 6. The van der Waals surface area contributed by atoms with Crippen LogP contribution in [-0.4, -0.2) is 53.8 Å². The normalized spacial score (nSPS) is 17.2. The molecule has 7 nitrogen and oxygen atoms in total. The minimum atomic E-state index is -0.448. The van der Waals surface area contributed by atoms with Crippen LogP contribution in [0.5, 0.6) is 0 Å². The maximum Gasteiger partial charge on any atom is 0.242 e. The molecule has 0 aromatic carbocycles. The highest BCUT2D eigenvalue weighted by Gasteiger charge is 2.20. The number of hydrogen-bond donors (Lipinski definition) is 3. The number of nitrogens with one attached hydrogen (secondary N) is 2. The molecule has 1 saturated heterocycles. The van der Waals surface area contributed by atoms with E-state index in [1.54, 1.807) is 20.8 Å². The van der Waals surface area contributed by atoms with Gasteiger partial charge in [0, 0.05) is 25.6 Å². The number of carbonyl (C=O) groups excluding carboxylic acids is 3. The van der Waals surface area contributed by atoms with Gasteiger partial charge in [-0.1, -0.05) is 13.8 Å².